The fourth-order valence-electron chi connectivity index (χ4n) is 1.77. The predicted octanol–water partition coefficient (Wildman–Crippen LogP) is 0.621. The van der Waals surface area contributed by atoms with Gasteiger partial charge in [0.15, 0.2) is 0 Å². The summed E-state index contributed by atoms with van der Waals surface area (Å²) in [6, 6.07) is 0. The highest BCUT2D eigenvalue weighted by Gasteiger charge is 2.00. The minimum Gasteiger partial charge on any atom is -0.337 e. The molecule has 1 N–H and O–H groups in total. The first-order valence-electron chi connectivity index (χ1n) is 5.90. The zero-order valence-corrected chi connectivity index (χ0v) is 10.4. The molecule has 5 nitrogen and oxygen atoms in total. The first-order chi connectivity index (χ1) is 8.28. The Labute approximate surface area is 101 Å². The predicted molar refractivity (Wildman–Crippen MR) is 66.8 cm³/mol. The van der Waals surface area contributed by atoms with Gasteiger partial charge in [0.25, 0.3) is 0 Å². The summed E-state index contributed by atoms with van der Waals surface area (Å²) < 4.78 is 3.97. The van der Waals surface area contributed by atoms with Crippen molar-refractivity contribution >= 4 is 0 Å². The van der Waals surface area contributed by atoms with Gasteiger partial charge in [-0.25, -0.2) is 4.98 Å². The maximum absolute atomic E-state index is 4.37. The number of hydrogen-bond acceptors (Lipinski definition) is 3. The average molecular weight is 233 g/mol. The molecule has 2 aromatic rings. The number of likely N-dealkylation sites (N-methyl/N-ethyl adjacent to an activating group) is 1. The molecule has 0 atom stereocenters. The SMILES string of the molecule is CNCCc1cn(CCc2cnn(C)c2)cn1. The van der Waals surface area contributed by atoms with Gasteiger partial charge in [0.2, 0.25) is 0 Å². The third-order valence-electron chi connectivity index (χ3n) is 2.73. The molecular formula is C12H19N5. The van der Waals surface area contributed by atoms with E-state index in [2.05, 4.69) is 32.4 Å². The van der Waals surface area contributed by atoms with Gasteiger partial charge in [0.05, 0.1) is 18.2 Å². The lowest BCUT2D eigenvalue weighted by molar-refractivity contribution is 0.693. The number of hydrogen-bond donors (Lipinski definition) is 1. The molecule has 0 bridgehead atoms. The lowest BCUT2D eigenvalue weighted by atomic mass is 10.2. The van der Waals surface area contributed by atoms with Crippen LogP contribution in [-0.2, 0) is 26.4 Å². The fraction of sp³-hybridized carbons (Fsp3) is 0.500. The first kappa shape index (κ1) is 11.9. The standard InChI is InChI=1S/C12H19N5/c1-13-5-3-12-9-17(10-14-12)6-4-11-7-15-16(2)8-11/h7-10,13H,3-6H2,1-2H3. The van der Waals surface area contributed by atoms with Crippen molar-refractivity contribution in [2.24, 2.45) is 7.05 Å². The lowest BCUT2D eigenvalue weighted by Crippen LogP contribution is -2.10. The van der Waals surface area contributed by atoms with Crippen LogP contribution >= 0.6 is 0 Å². The van der Waals surface area contributed by atoms with Crippen molar-refractivity contribution in [3.05, 3.63) is 36.2 Å². The van der Waals surface area contributed by atoms with Gasteiger partial charge in [0.1, 0.15) is 0 Å². The molecular weight excluding hydrogens is 214 g/mol. The Kier molecular flexibility index (Phi) is 3.93. The van der Waals surface area contributed by atoms with E-state index in [1.807, 2.05) is 31.3 Å². The summed E-state index contributed by atoms with van der Waals surface area (Å²) in [4.78, 5) is 4.37. The van der Waals surface area contributed by atoms with E-state index < -0.39 is 0 Å². The highest BCUT2D eigenvalue weighted by molar-refractivity contribution is 5.04. The molecule has 17 heavy (non-hydrogen) atoms. The van der Waals surface area contributed by atoms with E-state index in [0.29, 0.717) is 0 Å². The number of aromatic nitrogens is 4. The van der Waals surface area contributed by atoms with Crippen LogP contribution in [0.15, 0.2) is 24.9 Å². The monoisotopic (exact) mass is 233 g/mol. The van der Waals surface area contributed by atoms with E-state index in [4.69, 9.17) is 0 Å². The summed E-state index contributed by atoms with van der Waals surface area (Å²) in [5.41, 5.74) is 2.41. The topological polar surface area (TPSA) is 47.7 Å². The minimum atomic E-state index is 0.957. The highest BCUT2D eigenvalue weighted by Crippen LogP contribution is 2.02. The van der Waals surface area contributed by atoms with Crippen LogP contribution in [0.2, 0.25) is 0 Å². The van der Waals surface area contributed by atoms with E-state index in [0.717, 1.165) is 31.6 Å². The van der Waals surface area contributed by atoms with Crippen molar-refractivity contribution in [1.29, 1.82) is 0 Å². The summed E-state index contributed by atoms with van der Waals surface area (Å²) in [6.45, 7) is 1.93. The molecule has 0 radical (unpaired) electrons. The Balaban J connectivity index is 1.84. The Morgan fingerprint density at radius 1 is 1.29 bits per heavy atom. The number of nitrogens with zero attached hydrogens (tertiary/aromatic N) is 4. The smallest absolute Gasteiger partial charge is 0.0949 e. The molecule has 0 fully saturated rings. The zero-order chi connectivity index (χ0) is 12.1. The molecule has 2 rings (SSSR count). The van der Waals surface area contributed by atoms with Gasteiger partial charge in [-0.05, 0) is 19.0 Å². The zero-order valence-electron chi connectivity index (χ0n) is 10.4. The summed E-state index contributed by atoms with van der Waals surface area (Å²) in [7, 11) is 3.90. The molecule has 0 saturated carbocycles. The number of rotatable bonds is 6. The van der Waals surface area contributed by atoms with E-state index in [1.54, 1.807) is 0 Å². The Hall–Kier alpha value is -1.62. The second-order valence-electron chi connectivity index (χ2n) is 4.23. The Morgan fingerprint density at radius 3 is 2.88 bits per heavy atom. The van der Waals surface area contributed by atoms with Crippen LogP contribution in [0.4, 0.5) is 0 Å². The normalized spacial score (nSPS) is 10.9. The lowest BCUT2D eigenvalue weighted by Gasteiger charge is -1.99. The minimum absolute atomic E-state index is 0.957. The maximum Gasteiger partial charge on any atom is 0.0949 e. The largest absolute Gasteiger partial charge is 0.337 e. The van der Waals surface area contributed by atoms with Crippen LogP contribution in [0.25, 0.3) is 0 Å². The van der Waals surface area contributed by atoms with Gasteiger partial charge < -0.3 is 9.88 Å². The van der Waals surface area contributed by atoms with Gasteiger partial charge in [-0.3, -0.25) is 4.68 Å². The first-order valence-corrected chi connectivity index (χ1v) is 5.90. The molecule has 0 aliphatic rings. The van der Waals surface area contributed by atoms with Crippen LogP contribution in [0.1, 0.15) is 11.3 Å². The molecule has 5 heteroatoms. The van der Waals surface area contributed by atoms with E-state index >= 15 is 0 Å². The molecule has 2 aromatic heterocycles. The van der Waals surface area contributed by atoms with Gasteiger partial charge in [-0.1, -0.05) is 0 Å². The number of aryl methyl sites for hydroxylation is 3. The average Bonchev–Trinajstić information content (AvgIpc) is 2.93. The molecule has 0 spiro atoms. The third kappa shape index (κ3) is 3.42. The molecule has 0 unspecified atom stereocenters. The van der Waals surface area contributed by atoms with Gasteiger partial charge in [0, 0.05) is 39.0 Å². The Morgan fingerprint density at radius 2 is 2.18 bits per heavy atom. The van der Waals surface area contributed by atoms with Crippen LogP contribution in [0.5, 0.6) is 0 Å². The maximum atomic E-state index is 4.37. The van der Waals surface area contributed by atoms with Gasteiger partial charge in [-0.2, -0.15) is 5.10 Å². The summed E-state index contributed by atoms with van der Waals surface area (Å²) in [6.07, 6.45) is 9.97. The highest BCUT2D eigenvalue weighted by atomic mass is 15.2. The van der Waals surface area contributed by atoms with Gasteiger partial charge >= 0.3 is 0 Å². The van der Waals surface area contributed by atoms with Crippen LogP contribution < -0.4 is 5.32 Å². The van der Waals surface area contributed by atoms with Crippen molar-refractivity contribution in [3.63, 3.8) is 0 Å². The number of nitrogens with one attached hydrogen (secondary N) is 1. The molecule has 92 valence electrons. The Bertz CT molecular complexity index is 457. The fourth-order valence-corrected chi connectivity index (χ4v) is 1.77. The van der Waals surface area contributed by atoms with Crippen LogP contribution in [0, 0.1) is 0 Å². The van der Waals surface area contributed by atoms with E-state index in [1.165, 1.54) is 5.56 Å². The van der Waals surface area contributed by atoms with E-state index in [9.17, 15) is 0 Å². The second kappa shape index (κ2) is 5.63. The molecule has 0 aliphatic carbocycles. The second-order valence-corrected chi connectivity index (χ2v) is 4.23. The van der Waals surface area contributed by atoms with Crippen LogP contribution in [-0.4, -0.2) is 32.9 Å². The van der Waals surface area contributed by atoms with Crippen molar-refractivity contribution in [1.82, 2.24) is 24.6 Å². The van der Waals surface area contributed by atoms with Crippen LogP contribution in [0.3, 0.4) is 0 Å². The summed E-state index contributed by atoms with van der Waals surface area (Å²) >= 11 is 0. The van der Waals surface area contributed by atoms with Crippen molar-refractivity contribution in [2.45, 2.75) is 19.4 Å². The quantitative estimate of drug-likeness (QED) is 0.795. The third-order valence-corrected chi connectivity index (χ3v) is 2.73. The molecule has 0 aromatic carbocycles. The van der Waals surface area contributed by atoms with Crippen molar-refractivity contribution < 1.29 is 0 Å². The summed E-state index contributed by atoms with van der Waals surface area (Å²) in [5, 5.41) is 7.28. The molecule has 0 aliphatic heterocycles. The molecule has 0 amide bonds. The summed E-state index contributed by atoms with van der Waals surface area (Å²) in [5.74, 6) is 0. The molecule has 2 heterocycles. The van der Waals surface area contributed by atoms with E-state index in [-0.39, 0.29) is 0 Å². The van der Waals surface area contributed by atoms with Gasteiger partial charge in [-0.15, -0.1) is 0 Å². The number of imidazole rings is 1. The molecule has 0 saturated heterocycles. The van der Waals surface area contributed by atoms with Crippen molar-refractivity contribution in [2.75, 3.05) is 13.6 Å². The van der Waals surface area contributed by atoms with Crippen molar-refractivity contribution in [3.8, 4) is 0 Å².